The van der Waals surface area contributed by atoms with Gasteiger partial charge in [-0.1, -0.05) is 84.6 Å². The largest absolute Gasteiger partial charge is 0.392 e. The molecule has 0 spiro atoms. The fraction of sp³-hybridized carbons (Fsp3) is 0.161. The molecule has 4 N–H and O–H groups in total. The molecule has 4 aromatic carbocycles. The van der Waals surface area contributed by atoms with Crippen LogP contribution in [-0.4, -0.2) is 26.3 Å². The first-order chi connectivity index (χ1) is 18.7. The molecule has 0 bridgehead atoms. The van der Waals surface area contributed by atoms with Gasteiger partial charge in [-0.05, 0) is 46.5 Å². The van der Waals surface area contributed by atoms with Crippen molar-refractivity contribution in [3.63, 3.8) is 0 Å². The highest BCUT2D eigenvalue weighted by Crippen LogP contribution is 2.36. The van der Waals surface area contributed by atoms with E-state index in [9.17, 15) is 10.2 Å². The standard InChI is InChI=1S/C31H28N4O2S/c36-19-22-11-3-8-16-28(22)38-27-15-7-2-10-21(27)18-32-31-33-25-14-6-5-13-24(25)30(35-31)34-29-23-12-4-1-9-20(23)17-26(29)37/h1-16,26,29,36-37H,17-19H2,(H2,32,33,34,35)/t26-,29+/m1/s1. The monoisotopic (exact) mass is 520 g/mol. The van der Waals surface area contributed by atoms with Gasteiger partial charge in [-0.15, -0.1) is 0 Å². The number of anilines is 2. The molecule has 2 atom stereocenters. The van der Waals surface area contributed by atoms with E-state index in [1.54, 1.807) is 11.8 Å². The first-order valence-corrected chi connectivity index (χ1v) is 13.5. The Morgan fingerprint density at radius 2 is 1.47 bits per heavy atom. The van der Waals surface area contributed by atoms with E-state index in [4.69, 9.17) is 9.97 Å². The first-order valence-electron chi connectivity index (χ1n) is 12.7. The van der Waals surface area contributed by atoms with Gasteiger partial charge in [0.25, 0.3) is 0 Å². The van der Waals surface area contributed by atoms with Crippen LogP contribution in [0.2, 0.25) is 0 Å². The van der Waals surface area contributed by atoms with E-state index < -0.39 is 6.10 Å². The van der Waals surface area contributed by atoms with E-state index in [2.05, 4.69) is 34.9 Å². The van der Waals surface area contributed by atoms with Crippen LogP contribution in [0.15, 0.2) is 107 Å². The maximum Gasteiger partial charge on any atom is 0.225 e. The summed E-state index contributed by atoms with van der Waals surface area (Å²) >= 11 is 1.64. The highest BCUT2D eigenvalue weighted by atomic mass is 32.2. The Morgan fingerprint density at radius 3 is 2.32 bits per heavy atom. The Balaban J connectivity index is 1.27. The average molecular weight is 521 g/mol. The minimum atomic E-state index is -0.525. The van der Waals surface area contributed by atoms with Crippen LogP contribution < -0.4 is 10.6 Å². The molecule has 0 fully saturated rings. The van der Waals surface area contributed by atoms with E-state index in [0.717, 1.165) is 42.9 Å². The van der Waals surface area contributed by atoms with Crippen molar-refractivity contribution in [3.05, 3.63) is 119 Å². The van der Waals surface area contributed by atoms with Gasteiger partial charge in [0.05, 0.1) is 24.3 Å². The number of fused-ring (bicyclic) bond motifs is 2. The fourth-order valence-electron chi connectivity index (χ4n) is 4.94. The van der Waals surface area contributed by atoms with Gasteiger partial charge in [0.2, 0.25) is 5.95 Å². The third-order valence-electron chi connectivity index (χ3n) is 6.87. The Labute approximate surface area is 225 Å². The summed E-state index contributed by atoms with van der Waals surface area (Å²) in [4.78, 5) is 11.7. The molecule has 0 amide bonds. The summed E-state index contributed by atoms with van der Waals surface area (Å²) in [7, 11) is 0. The van der Waals surface area contributed by atoms with Crippen LogP contribution in [0.4, 0.5) is 11.8 Å². The second kappa shape index (κ2) is 10.8. The number of aromatic nitrogens is 2. The maximum atomic E-state index is 10.8. The van der Waals surface area contributed by atoms with Gasteiger partial charge in [-0.3, -0.25) is 0 Å². The van der Waals surface area contributed by atoms with Gasteiger partial charge in [0, 0.05) is 28.1 Å². The number of aliphatic hydroxyl groups is 2. The predicted octanol–water partition coefficient (Wildman–Crippen LogP) is 5.96. The molecule has 6 rings (SSSR count). The number of nitrogens with zero attached hydrogens (tertiary/aromatic N) is 2. The molecule has 6 nitrogen and oxygen atoms in total. The van der Waals surface area contributed by atoms with Crippen LogP contribution in [0.1, 0.15) is 28.3 Å². The van der Waals surface area contributed by atoms with Crippen molar-refractivity contribution < 1.29 is 10.2 Å². The third-order valence-corrected chi connectivity index (χ3v) is 8.11. The molecule has 1 aliphatic carbocycles. The zero-order valence-electron chi connectivity index (χ0n) is 20.7. The van der Waals surface area contributed by atoms with Crippen LogP contribution in [0.25, 0.3) is 10.9 Å². The first kappa shape index (κ1) is 24.4. The summed E-state index contributed by atoms with van der Waals surface area (Å²) in [6, 6.07) is 31.9. The maximum absolute atomic E-state index is 10.8. The third kappa shape index (κ3) is 4.96. The number of hydrogen-bond acceptors (Lipinski definition) is 7. The average Bonchev–Trinajstić information content (AvgIpc) is 3.27. The molecular weight excluding hydrogens is 492 g/mol. The van der Waals surface area contributed by atoms with Crippen molar-refractivity contribution in [2.24, 2.45) is 0 Å². The number of hydrogen-bond donors (Lipinski definition) is 4. The Morgan fingerprint density at radius 1 is 0.789 bits per heavy atom. The highest BCUT2D eigenvalue weighted by molar-refractivity contribution is 7.99. The van der Waals surface area contributed by atoms with Crippen LogP contribution >= 0.6 is 11.8 Å². The zero-order chi connectivity index (χ0) is 25.9. The Hall–Kier alpha value is -3.91. The van der Waals surface area contributed by atoms with Gasteiger partial charge in [-0.25, -0.2) is 4.98 Å². The van der Waals surface area contributed by atoms with Crippen LogP contribution in [-0.2, 0) is 19.6 Å². The van der Waals surface area contributed by atoms with E-state index in [-0.39, 0.29) is 12.6 Å². The van der Waals surface area contributed by atoms with Crippen LogP contribution in [0.5, 0.6) is 0 Å². The number of rotatable bonds is 8. The van der Waals surface area contributed by atoms with E-state index in [0.29, 0.717) is 24.7 Å². The molecule has 0 unspecified atom stereocenters. The van der Waals surface area contributed by atoms with Crippen molar-refractivity contribution in [1.29, 1.82) is 0 Å². The van der Waals surface area contributed by atoms with Gasteiger partial charge in [0.15, 0.2) is 0 Å². The Bertz CT molecular complexity index is 1590. The normalized spacial score (nSPS) is 16.4. The molecular formula is C31H28N4O2S. The van der Waals surface area contributed by atoms with Gasteiger partial charge in [-0.2, -0.15) is 4.98 Å². The lowest BCUT2D eigenvalue weighted by Crippen LogP contribution is -2.22. The number of nitrogens with one attached hydrogen (secondary N) is 2. The summed E-state index contributed by atoms with van der Waals surface area (Å²) in [6.45, 7) is 0.543. The summed E-state index contributed by atoms with van der Waals surface area (Å²) in [5, 5.41) is 28.4. The lowest BCUT2D eigenvalue weighted by Gasteiger charge is -2.20. The molecule has 1 aliphatic rings. The second-order valence-corrected chi connectivity index (χ2v) is 10.4. The molecule has 0 saturated carbocycles. The van der Waals surface area contributed by atoms with Crippen molar-refractivity contribution in [3.8, 4) is 0 Å². The summed E-state index contributed by atoms with van der Waals surface area (Å²) in [5.41, 5.74) is 5.10. The minimum absolute atomic E-state index is 0.00443. The molecule has 7 heteroatoms. The summed E-state index contributed by atoms with van der Waals surface area (Å²) in [5.74, 6) is 1.21. The molecule has 5 aromatic rings. The van der Waals surface area contributed by atoms with Crippen molar-refractivity contribution >= 4 is 34.4 Å². The lowest BCUT2D eigenvalue weighted by atomic mass is 10.1. The molecule has 38 heavy (non-hydrogen) atoms. The van der Waals surface area contributed by atoms with E-state index in [1.807, 2.05) is 72.8 Å². The van der Waals surface area contributed by atoms with E-state index in [1.165, 1.54) is 0 Å². The molecule has 190 valence electrons. The summed E-state index contributed by atoms with van der Waals surface area (Å²) in [6.07, 6.45) is 0.0961. The molecule has 0 aliphatic heterocycles. The molecule has 0 saturated heterocycles. The highest BCUT2D eigenvalue weighted by Gasteiger charge is 2.31. The van der Waals surface area contributed by atoms with Crippen molar-refractivity contribution in [1.82, 2.24) is 9.97 Å². The van der Waals surface area contributed by atoms with Gasteiger partial charge >= 0.3 is 0 Å². The predicted molar refractivity (Wildman–Crippen MR) is 152 cm³/mol. The number of aliphatic hydroxyl groups excluding tert-OH is 2. The van der Waals surface area contributed by atoms with Crippen molar-refractivity contribution in [2.45, 2.75) is 41.5 Å². The number of para-hydroxylation sites is 1. The Kier molecular flexibility index (Phi) is 6.96. The second-order valence-electron chi connectivity index (χ2n) is 9.33. The van der Waals surface area contributed by atoms with Gasteiger partial charge in [0.1, 0.15) is 5.82 Å². The molecule has 0 radical (unpaired) electrons. The van der Waals surface area contributed by atoms with E-state index >= 15 is 0 Å². The smallest absolute Gasteiger partial charge is 0.225 e. The van der Waals surface area contributed by atoms with Crippen LogP contribution in [0.3, 0.4) is 0 Å². The van der Waals surface area contributed by atoms with Gasteiger partial charge < -0.3 is 20.8 Å². The van der Waals surface area contributed by atoms with Crippen LogP contribution in [0, 0.1) is 0 Å². The molecule has 1 aromatic heterocycles. The fourth-order valence-corrected chi connectivity index (χ4v) is 6.00. The lowest BCUT2D eigenvalue weighted by molar-refractivity contribution is 0.165. The number of benzene rings is 4. The van der Waals surface area contributed by atoms with Crippen molar-refractivity contribution in [2.75, 3.05) is 10.6 Å². The minimum Gasteiger partial charge on any atom is -0.392 e. The zero-order valence-corrected chi connectivity index (χ0v) is 21.5. The molecule has 1 heterocycles. The SMILES string of the molecule is OCc1ccccc1Sc1ccccc1CNc1nc(N[C@H]2c3ccccc3C[C@H]2O)c2ccccc2n1. The summed E-state index contributed by atoms with van der Waals surface area (Å²) < 4.78 is 0. The quantitative estimate of drug-likeness (QED) is 0.201. The topological polar surface area (TPSA) is 90.3 Å².